The smallest absolute Gasteiger partial charge is 0.466 e. The first kappa shape index (κ1) is 14.8. The maximum atomic E-state index is 12.0. The van der Waals surface area contributed by atoms with Crippen LogP contribution in [0.1, 0.15) is 26.2 Å². The fourth-order valence-corrected chi connectivity index (χ4v) is 1.43. The fourth-order valence-electron chi connectivity index (χ4n) is 1.43. The summed E-state index contributed by atoms with van der Waals surface area (Å²) in [5, 5.41) is 0. The predicted octanol–water partition coefficient (Wildman–Crippen LogP) is -1.17. The number of esters is 1. The van der Waals surface area contributed by atoms with Crippen molar-refractivity contribution in [3.8, 4) is 0 Å². The second-order valence-electron chi connectivity index (χ2n) is 3.11. The SMILES string of the molecule is CCOC(=O)C1CC=C([B]F)CC1.[K+]. The zero-order chi connectivity index (χ0) is 9.68. The molecule has 1 radical (unpaired) electrons. The molecule has 0 fully saturated rings. The van der Waals surface area contributed by atoms with E-state index >= 15 is 0 Å². The van der Waals surface area contributed by atoms with Gasteiger partial charge in [0.15, 0.2) is 0 Å². The van der Waals surface area contributed by atoms with E-state index in [0.29, 0.717) is 38.9 Å². The Morgan fingerprint density at radius 2 is 2.50 bits per heavy atom. The fraction of sp³-hybridized carbons (Fsp3) is 0.667. The van der Waals surface area contributed by atoms with Gasteiger partial charge in [0.2, 0.25) is 0 Å². The topological polar surface area (TPSA) is 26.3 Å². The van der Waals surface area contributed by atoms with Crippen molar-refractivity contribution in [3.63, 3.8) is 0 Å². The maximum absolute atomic E-state index is 12.0. The van der Waals surface area contributed by atoms with E-state index in [4.69, 9.17) is 4.74 Å². The normalized spacial score (nSPS) is 20.4. The van der Waals surface area contributed by atoms with Crippen LogP contribution in [-0.2, 0) is 9.53 Å². The number of allylic oxidation sites excluding steroid dienone is 2. The summed E-state index contributed by atoms with van der Waals surface area (Å²) < 4.78 is 16.9. The zero-order valence-corrected chi connectivity index (χ0v) is 11.9. The molecule has 1 aliphatic carbocycles. The summed E-state index contributed by atoms with van der Waals surface area (Å²) in [5.41, 5.74) is 0.695. The molecule has 14 heavy (non-hydrogen) atoms. The first-order valence-corrected chi connectivity index (χ1v) is 4.57. The Morgan fingerprint density at radius 1 is 1.79 bits per heavy atom. The molecule has 0 heterocycles. The van der Waals surface area contributed by atoms with Crippen LogP contribution in [-0.4, -0.2) is 20.1 Å². The first-order valence-electron chi connectivity index (χ1n) is 4.57. The molecule has 0 aliphatic heterocycles. The summed E-state index contributed by atoms with van der Waals surface area (Å²) in [6.45, 7) is 2.21. The van der Waals surface area contributed by atoms with Gasteiger partial charge < -0.3 is 9.05 Å². The van der Waals surface area contributed by atoms with Crippen LogP contribution < -0.4 is 51.4 Å². The average molecular weight is 222 g/mol. The standard InChI is InChI=1S/C9H13BFO2.K/c1-2-13-9(12)7-3-5-8(10-11)6-4-7;/h5,7H,2-4,6H2,1H3;/q;+1. The number of ether oxygens (including phenoxy) is 1. The Bertz CT molecular complexity index is 221. The van der Waals surface area contributed by atoms with Crippen LogP contribution in [0.15, 0.2) is 11.5 Å². The predicted molar refractivity (Wildman–Crippen MR) is 48.9 cm³/mol. The molecule has 1 aliphatic rings. The number of hydrogen-bond donors (Lipinski definition) is 0. The maximum Gasteiger partial charge on any atom is 1.00 e. The van der Waals surface area contributed by atoms with Crippen molar-refractivity contribution in [2.24, 2.45) is 5.92 Å². The number of carbonyl (C=O) groups is 1. The molecule has 0 aromatic carbocycles. The number of carbonyl (C=O) groups excluding carboxylic acids is 1. The summed E-state index contributed by atoms with van der Waals surface area (Å²) in [6.07, 6.45) is 3.71. The van der Waals surface area contributed by atoms with Crippen molar-refractivity contribution >= 4 is 13.5 Å². The van der Waals surface area contributed by atoms with E-state index in [1.807, 2.05) is 0 Å². The minimum Gasteiger partial charge on any atom is -0.466 e. The molecule has 0 saturated carbocycles. The van der Waals surface area contributed by atoms with Gasteiger partial charge in [-0.25, -0.2) is 0 Å². The zero-order valence-electron chi connectivity index (χ0n) is 8.75. The molecule has 5 heteroatoms. The van der Waals surface area contributed by atoms with Gasteiger partial charge in [0.05, 0.1) is 12.5 Å². The minimum absolute atomic E-state index is 0. The van der Waals surface area contributed by atoms with Gasteiger partial charge >= 0.3 is 64.9 Å². The summed E-state index contributed by atoms with van der Waals surface area (Å²) >= 11 is 0. The van der Waals surface area contributed by atoms with Crippen molar-refractivity contribution in [3.05, 3.63) is 11.5 Å². The van der Waals surface area contributed by atoms with Crippen LogP contribution in [0.5, 0.6) is 0 Å². The quantitative estimate of drug-likeness (QED) is 0.444. The second-order valence-corrected chi connectivity index (χ2v) is 3.11. The number of rotatable bonds is 3. The van der Waals surface area contributed by atoms with Crippen molar-refractivity contribution in [1.82, 2.24) is 0 Å². The minimum atomic E-state index is -0.156. The van der Waals surface area contributed by atoms with Gasteiger partial charge in [0.1, 0.15) is 0 Å². The third-order valence-corrected chi connectivity index (χ3v) is 2.21. The monoisotopic (exact) mass is 222 g/mol. The van der Waals surface area contributed by atoms with E-state index in [1.165, 1.54) is 0 Å². The third-order valence-electron chi connectivity index (χ3n) is 2.21. The molecule has 0 aromatic heterocycles. The summed E-state index contributed by atoms with van der Waals surface area (Å²) in [6, 6.07) is 0. The van der Waals surface area contributed by atoms with Crippen LogP contribution in [0.3, 0.4) is 0 Å². The molecule has 0 N–H and O–H groups in total. The van der Waals surface area contributed by atoms with E-state index in [0.717, 1.165) is 0 Å². The first-order chi connectivity index (χ1) is 6.27. The molecule has 2 nitrogen and oxygen atoms in total. The molecule has 1 atom stereocenters. The van der Waals surface area contributed by atoms with Gasteiger partial charge in [0, 0.05) is 0 Å². The van der Waals surface area contributed by atoms with Crippen LogP contribution in [0.2, 0.25) is 0 Å². The molecule has 71 valence electrons. The van der Waals surface area contributed by atoms with E-state index in [9.17, 15) is 9.11 Å². The number of hydrogen-bond acceptors (Lipinski definition) is 2. The van der Waals surface area contributed by atoms with Gasteiger partial charge in [-0.3, -0.25) is 4.79 Å². The van der Waals surface area contributed by atoms with Crippen LogP contribution >= 0.6 is 0 Å². The average Bonchev–Trinajstić information content (AvgIpc) is 2.18. The molecular formula is C9H13BFKO2+. The van der Waals surface area contributed by atoms with Crippen LogP contribution in [0, 0.1) is 5.92 Å². The molecule has 1 unspecified atom stereocenters. The van der Waals surface area contributed by atoms with Crippen LogP contribution in [0.25, 0.3) is 0 Å². The van der Waals surface area contributed by atoms with Gasteiger partial charge in [-0.15, -0.1) is 0 Å². The molecule has 0 aromatic rings. The molecule has 0 saturated heterocycles. The van der Waals surface area contributed by atoms with Crippen molar-refractivity contribution in [2.75, 3.05) is 6.61 Å². The number of halogens is 1. The molecule has 0 spiro atoms. The molecule has 0 amide bonds. The second kappa shape index (κ2) is 8.05. The Morgan fingerprint density at radius 3 is 2.93 bits per heavy atom. The summed E-state index contributed by atoms with van der Waals surface area (Å²) in [7, 11) is 0.612. The van der Waals surface area contributed by atoms with Crippen molar-refractivity contribution < 1.29 is 65.2 Å². The van der Waals surface area contributed by atoms with Crippen LogP contribution in [0.4, 0.5) is 4.32 Å². The molecule has 1 rings (SSSR count). The summed E-state index contributed by atoms with van der Waals surface area (Å²) in [4.78, 5) is 11.2. The van der Waals surface area contributed by atoms with E-state index in [1.54, 1.807) is 13.0 Å². The Balaban J connectivity index is 0.00000169. The molecule has 0 bridgehead atoms. The largest absolute Gasteiger partial charge is 1.00 e. The Labute approximate surface area is 127 Å². The van der Waals surface area contributed by atoms with E-state index in [-0.39, 0.29) is 63.3 Å². The van der Waals surface area contributed by atoms with E-state index < -0.39 is 0 Å². The van der Waals surface area contributed by atoms with Gasteiger partial charge in [-0.2, -0.15) is 0 Å². The van der Waals surface area contributed by atoms with Crippen molar-refractivity contribution in [2.45, 2.75) is 26.2 Å². The summed E-state index contributed by atoms with van der Waals surface area (Å²) in [5.74, 6) is -0.222. The molecular weight excluding hydrogens is 209 g/mol. The van der Waals surface area contributed by atoms with E-state index in [2.05, 4.69) is 0 Å². The van der Waals surface area contributed by atoms with Gasteiger partial charge in [-0.05, 0) is 26.2 Å². The van der Waals surface area contributed by atoms with Gasteiger partial charge in [-0.1, -0.05) is 11.5 Å². The van der Waals surface area contributed by atoms with Gasteiger partial charge in [0.25, 0.3) is 0 Å². The third kappa shape index (κ3) is 4.57. The van der Waals surface area contributed by atoms with Crippen molar-refractivity contribution in [1.29, 1.82) is 0 Å². The Hall–Kier alpha value is 0.841. The Kier molecular flexibility index (Phi) is 8.53.